The predicted molar refractivity (Wildman–Crippen MR) is 142 cm³/mol. The van der Waals surface area contributed by atoms with Crippen LogP contribution in [0.4, 0.5) is 0 Å². The number of fused-ring (bicyclic) bond motifs is 1. The number of carbonyl (C=O) groups is 2. The molecule has 1 aromatic heterocycles. The van der Waals surface area contributed by atoms with E-state index >= 15 is 0 Å². The molecule has 0 unspecified atom stereocenters. The average molecular weight is 538 g/mol. The van der Waals surface area contributed by atoms with E-state index in [1.165, 1.54) is 11.3 Å². The van der Waals surface area contributed by atoms with Gasteiger partial charge in [-0.1, -0.05) is 34.1 Å². The zero-order valence-corrected chi connectivity index (χ0v) is 23.7. The van der Waals surface area contributed by atoms with Crippen LogP contribution >= 0.6 is 11.3 Å². The van der Waals surface area contributed by atoms with Gasteiger partial charge in [0.25, 0.3) is 0 Å². The lowest BCUT2D eigenvalue weighted by Crippen LogP contribution is -2.45. The summed E-state index contributed by atoms with van der Waals surface area (Å²) in [7, 11) is 0. The molecule has 2 aliphatic heterocycles. The van der Waals surface area contributed by atoms with Crippen LogP contribution in [0.2, 0.25) is 0 Å². The molecule has 0 aliphatic carbocycles. The molecule has 0 aromatic carbocycles. The molecule has 2 saturated heterocycles. The van der Waals surface area contributed by atoms with Crippen molar-refractivity contribution in [2.24, 2.45) is 17.3 Å². The number of hydrogen-bond donors (Lipinski definition) is 3. The molecule has 8 nitrogen and oxygen atoms in total. The van der Waals surface area contributed by atoms with Crippen LogP contribution in [0.25, 0.3) is 6.08 Å². The van der Waals surface area contributed by atoms with E-state index in [0.717, 1.165) is 35.5 Å². The van der Waals surface area contributed by atoms with Crippen LogP contribution < -0.4 is 0 Å². The quantitative estimate of drug-likeness (QED) is 0.392. The number of hydrogen-bond acceptors (Lipinski definition) is 9. The first kappa shape index (κ1) is 29.9. The highest BCUT2D eigenvalue weighted by atomic mass is 32.1. The van der Waals surface area contributed by atoms with E-state index in [1.807, 2.05) is 25.3 Å². The normalized spacial score (nSPS) is 36.1. The SMILES string of the molecule is C/C(=C\c1csc(CCO)n1)[C@@H]1C[C@@H]2O[C@]2(C)CCC[C@H](C)[C@H](O)[C@@H](C)C(=O)C(C)(C)[C@@H](O)CC(=O)O1. The highest BCUT2D eigenvalue weighted by molar-refractivity contribution is 7.09. The summed E-state index contributed by atoms with van der Waals surface area (Å²) in [6.07, 6.45) is 2.18. The number of aliphatic hydroxyl groups excluding tert-OH is 3. The van der Waals surface area contributed by atoms with Crippen LogP contribution in [0.3, 0.4) is 0 Å². The topological polar surface area (TPSA) is 129 Å². The Morgan fingerprint density at radius 2 is 1.95 bits per heavy atom. The number of esters is 1. The second kappa shape index (κ2) is 12.0. The van der Waals surface area contributed by atoms with Crippen molar-refractivity contribution >= 4 is 29.2 Å². The molecule has 2 aliphatic rings. The Morgan fingerprint density at radius 3 is 2.62 bits per heavy atom. The molecule has 0 spiro atoms. The molecule has 3 N–H and O–H groups in total. The fraction of sp³-hybridized carbons (Fsp3) is 0.750. The van der Waals surface area contributed by atoms with Gasteiger partial charge < -0.3 is 24.8 Å². The Kier molecular flexibility index (Phi) is 9.72. The fourth-order valence-electron chi connectivity index (χ4n) is 5.22. The summed E-state index contributed by atoms with van der Waals surface area (Å²) in [4.78, 5) is 30.7. The number of ether oxygens (including phenoxy) is 2. The smallest absolute Gasteiger partial charge is 0.309 e. The third-order valence-electron chi connectivity index (χ3n) is 8.19. The van der Waals surface area contributed by atoms with Gasteiger partial charge in [0.2, 0.25) is 0 Å². The number of Topliss-reactive ketones (excluding diaryl/α,β-unsaturated/α-hetero) is 1. The number of cyclic esters (lactones) is 1. The Hall–Kier alpha value is -1.65. The van der Waals surface area contributed by atoms with Crippen LogP contribution in [0.1, 0.15) is 84.3 Å². The number of rotatable bonds is 4. The minimum Gasteiger partial charge on any atom is -0.458 e. The highest BCUT2D eigenvalue weighted by Crippen LogP contribution is 2.45. The van der Waals surface area contributed by atoms with E-state index in [2.05, 4.69) is 11.9 Å². The molecule has 0 amide bonds. The minimum atomic E-state index is -1.25. The lowest BCUT2D eigenvalue weighted by Gasteiger charge is -2.34. The Morgan fingerprint density at radius 1 is 1.24 bits per heavy atom. The maximum atomic E-state index is 13.2. The largest absolute Gasteiger partial charge is 0.458 e. The van der Waals surface area contributed by atoms with Crippen LogP contribution in [0, 0.1) is 17.3 Å². The highest BCUT2D eigenvalue weighted by Gasteiger charge is 2.53. The number of thiazole rings is 1. The number of carbonyl (C=O) groups excluding carboxylic acids is 2. The molecule has 0 radical (unpaired) electrons. The first-order valence-corrected chi connectivity index (χ1v) is 14.2. The summed E-state index contributed by atoms with van der Waals surface area (Å²) >= 11 is 1.47. The van der Waals surface area contributed by atoms with Crippen LogP contribution in [-0.2, 0) is 25.5 Å². The molecule has 208 valence electrons. The Balaban J connectivity index is 1.84. The zero-order valence-electron chi connectivity index (χ0n) is 22.9. The number of aromatic nitrogens is 1. The maximum Gasteiger partial charge on any atom is 0.309 e. The van der Waals surface area contributed by atoms with E-state index in [-0.39, 0.29) is 36.4 Å². The number of ketones is 1. The molecule has 3 rings (SSSR count). The van der Waals surface area contributed by atoms with Crippen molar-refractivity contribution in [1.82, 2.24) is 4.98 Å². The first-order valence-electron chi connectivity index (χ1n) is 13.3. The Bertz CT molecular complexity index is 989. The van der Waals surface area contributed by atoms with E-state index in [1.54, 1.807) is 20.8 Å². The predicted octanol–water partition coefficient (Wildman–Crippen LogP) is 3.70. The fourth-order valence-corrected chi connectivity index (χ4v) is 5.97. The van der Waals surface area contributed by atoms with Crippen molar-refractivity contribution < 1.29 is 34.4 Å². The van der Waals surface area contributed by atoms with Crippen molar-refractivity contribution in [2.45, 2.75) is 110 Å². The van der Waals surface area contributed by atoms with Crippen LogP contribution in [-0.4, -0.2) is 68.7 Å². The van der Waals surface area contributed by atoms with Crippen molar-refractivity contribution in [3.8, 4) is 0 Å². The monoisotopic (exact) mass is 537 g/mol. The molecular weight excluding hydrogens is 494 g/mol. The Labute approximate surface area is 224 Å². The summed E-state index contributed by atoms with van der Waals surface area (Å²) in [5.41, 5.74) is -0.00602. The van der Waals surface area contributed by atoms with E-state index in [9.17, 15) is 19.8 Å². The molecule has 7 atom stereocenters. The maximum absolute atomic E-state index is 13.2. The van der Waals surface area contributed by atoms with E-state index < -0.39 is 35.6 Å². The second-order valence-electron chi connectivity index (χ2n) is 11.6. The molecule has 1 aromatic rings. The third-order valence-corrected chi connectivity index (χ3v) is 9.11. The molecule has 37 heavy (non-hydrogen) atoms. The van der Waals surface area contributed by atoms with Gasteiger partial charge in [-0.15, -0.1) is 11.3 Å². The molecule has 0 saturated carbocycles. The number of aliphatic hydroxyl groups is 3. The van der Waals surface area contributed by atoms with Crippen molar-refractivity contribution in [3.63, 3.8) is 0 Å². The second-order valence-corrected chi connectivity index (χ2v) is 12.6. The lowest BCUT2D eigenvalue weighted by atomic mass is 9.73. The molecule has 2 fully saturated rings. The van der Waals surface area contributed by atoms with Crippen LogP contribution in [0.5, 0.6) is 0 Å². The first-order chi connectivity index (χ1) is 17.3. The van der Waals surface area contributed by atoms with Gasteiger partial charge in [0.15, 0.2) is 0 Å². The van der Waals surface area contributed by atoms with Crippen molar-refractivity contribution in [2.75, 3.05) is 6.61 Å². The summed E-state index contributed by atoms with van der Waals surface area (Å²) in [5.74, 6) is -1.62. The van der Waals surface area contributed by atoms with Gasteiger partial charge in [-0.25, -0.2) is 4.98 Å². The van der Waals surface area contributed by atoms with Crippen molar-refractivity contribution in [3.05, 3.63) is 21.7 Å². The van der Waals surface area contributed by atoms with Gasteiger partial charge >= 0.3 is 5.97 Å². The summed E-state index contributed by atoms with van der Waals surface area (Å²) in [6.45, 7) is 10.8. The summed E-state index contributed by atoms with van der Waals surface area (Å²) in [6, 6.07) is 0. The van der Waals surface area contributed by atoms with Crippen molar-refractivity contribution in [1.29, 1.82) is 0 Å². The standard InChI is InChI=1S/C28H43NO7S/c1-16-8-7-10-28(6)22(36-28)13-20(17(2)12-19-15-37-23(29-19)9-11-30)35-24(32)14-21(31)27(4,5)26(34)18(3)25(16)33/h12,15-16,18,20-22,25,30-31,33H,7-11,13-14H2,1-6H3/b17-12+/t16-,18+,20-,21-,22-,25-,28+/m0/s1. The van der Waals surface area contributed by atoms with Gasteiger partial charge in [0.05, 0.1) is 46.5 Å². The number of epoxide rings is 1. The lowest BCUT2D eigenvalue weighted by molar-refractivity contribution is -0.154. The van der Waals surface area contributed by atoms with Gasteiger partial charge in [0.1, 0.15) is 11.9 Å². The molecule has 3 heterocycles. The molecular formula is C28H43NO7S. The third kappa shape index (κ3) is 7.26. The summed E-state index contributed by atoms with van der Waals surface area (Å²) in [5, 5.41) is 33.6. The van der Waals surface area contributed by atoms with E-state index in [4.69, 9.17) is 14.6 Å². The van der Waals surface area contributed by atoms with Gasteiger partial charge in [0, 0.05) is 30.7 Å². The van der Waals surface area contributed by atoms with E-state index in [0.29, 0.717) is 12.8 Å². The van der Waals surface area contributed by atoms with Gasteiger partial charge in [-0.2, -0.15) is 0 Å². The van der Waals surface area contributed by atoms with Gasteiger partial charge in [-0.3, -0.25) is 9.59 Å². The molecule has 0 bridgehead atoms. The summed E-state index contributed by atoms with van der Waals surface area (Å²) < 4.78 is 11.9. The van der Waals surface area contributed by atoms with Gasteiger partial charge in [-0.05, 0) is 44.3 Å². The van der Waals surface area contributed by atoms with Crippen LogP contribution in [0.15, 0.2) is 11.0 Å². The number of nitrogens with zero attached hydrogens (tertiary/aromatic N) is 1. The minimum absolute atomic E-state index is 0.0329. The zero-order chi connectivity index (χ0) is 27.5. The molecule has 9 heteroatoms. The average Bonchev–Trinajstić information content (AvgIpc) is 3.24.